The van der Waals surface area contributed by atoms with Gasteiger partial charge in [0.2, 0.25) is 0 Å². The second-order valence-electron chi connectivity index (χ2n) is 4.27. The lowest BCUT2D eigenvalue weighted by Crippen LogP contribution is -2.10. The number of anilines is 1. The second-order valence-corrected chi connectivity index (χ2v) is 5.85. The molecule has 2 rings (SSSR count). The summed E-state index contributed by atoms with van der Waals surface area (Å²) < 4.78 is 0. The maximum atomic E-state index is 12.2. The summed E-state index contributed by atoms with van der Waals surface area (Å²) in [6.07, 6.45) is 0.928. The molecule has 0 fully saturated rings. The molecule has 0 saturated heterocycles. The molecule has 2 aromatic rings. The highest BCUT2D eigenvalue weighted by molar-refractivity contribution is 7.14. The van der Waals surface area contributed by atoms with E-state index >= 15 is 0 Å². The predicted molar refractivity (Wildman–Crippen MR) is 89.0 cm³/mol. The van der Waals surface area contributed by atoms with Gasteiger partial charge in [-0.2, -0.15) is 0 Å². The van der Waals surface area contributed by atoms with Gasteiger partial charge in [0.1, 0.15) is 0 Å². The minimum atomic E-state index is -0.125. The van der Waals surface area contributed by atoms with E-state index in [2.05, 4.69) is 24.1 Å². The highest BCUT2D eigenvalue weighted by Gasteiger charge is 2.10. The molecular formula is C16H15ClN2OS. The number of aryl methyl sites for hydroxylation is 1. The smallest absolute Gasteiger partial charge is 0.265 e. The Morgan fingerprint density at radius 1 is 1.38 bits per heavy atom. The van der Waals surface area contributed by atoms with Gasteiger partial charge in [0.05, 0.1) is 16.4 Å². The summed E-state index contributed by atoms with van der Waals surface area (Å²) in [5.41, 5.74) is 6.67. The molecule has 1 amide bonds. The molecule has 3 N–H and O–H groups in total. The molecule has 0 aliphatic carbocycles. The van der Waals surface area contributed by atoms with Crippen molar-refractivity contribution < 1.29 is 4.79 Å². The fourth-order valence-electron chi connectivity index (χ4n) is 1.73. The topological polar surface area (TPSA) is 55.1 Å². The number of hydrogen-bond donors (Lipinski definition) is 2. The molecule has 0 aliphatic rings. The van der Waals surface area contributed by atoms with Crippen LogP contribution in [-0.4, -0.2) is 12.5 Å². The molecule has 0 bridgehead atoms. The van der Waals surface area contributed by atoms with Crippen LogP contribution < -0.4 is 11.1 Å². The zero-order chi connectivity index (χ0) is 15.2. The van der Waals surface area contributed by atoms with Gasteiger partial charge in [-0.1, -0.05) is 30.4 Å². The number of nitrogens with one attached hydrogen (secondary N) is 1. The third-order valence-electron chi connectivity index (χ3n) is 2.78. The maximum absolute atomic E-state index is 12.2. The lowest BCUT2D eigenvalue weighted by atomic mass is 10.2. The number of rotatable bonds is 3. The first-order valence-corrected chi connectivity index (χ1v) is 7.72. The molecule has 5 heteroatoms. The van der Waals surface area contributed by atoms with Crippen molar-refractivity contribution in [2.45, 2.75) is 13.3 Å². The SMILES string of the molecule is CCc1ccc(C(=O)Nc2ccc(Cl)c(C#CCN)c2)s1. The van der Waals surface area contributed by atoms with Crippen LogP contribution in [0.4, 0.5) is 5.69 Å². The van der Waals surface area contributed by atoms with E-state index in [1.54, 1.807) is 18.2 Å². The van der Waals surface area contributed by atoms with Crippen molar-refractivity contribution in [3.8, 4) is 11.8 Å². The Labute approximate surface area is 133 Å². The van der Waals surface area contributed by atoms with E-state index in [9.17, 15) is 4.79 Å². The Hall–Kier alpha value is -1.80. The Morgan fingerprint density at radius 2 is 2.19 bits per heavy atom. The van der Waals surface area contributed by atoms with Gasteiger partial charge >= 0.3 is 0 Å². The van der Waals surface area contributed by atoms with Crippen molar-refractivity contribution in [1.82, 2.24) is 0 Å². The number of carbonyl (C=O) groups is 1. The van der Waals surface area contributed by atoms with Gasteiger partial charge < -0.3 is 11.1 Å². The molecule has 1 heterocycles. The molecule has 0 spiro atoms. The molecule has 1 aromatic heterocycles. The standard InChI is InChI=1S/C16H15ClN2OS/c1-2-13-6-8-15(21-13)16(20)19-12-5-7-14(17)11(10-12)4-3-9-18/h5-8,10H,2,9,18H2,1H3,(H,19,20). The van der Waals surface area contributed by atoms with Gasteiger partial charge in [0, 0.05) is 16.1 Å². The van der Waals surface area contributed by atoms with Crippen LogP contribution in [0.25, 0.3) is 0 Å². The van der Waals surface area contributed by atoms with E-state index < -0.39 is 0 Å². The van der Waals surface area contributed by atoms with Crippen molar-refractivity contribution in [1.29, 1.82) is 0 Å². The summed E-state index contributed by atoms with van der Waals surface area (Å²) in [5.74, 6) is 5.51. The Bertz CT molecular complexity index is 713. The van der Waals surface area contributed by atoms with E-state index in [0.717, 1.165) is 6.42 Å². The van der Waals surface area contributed by atoms with E-state index in [0.29, 0.717) is 21.2 Å². The molecule has 1 aromatic carbocycles. The van der Waals surface area contributed by atoms with Gasteiger partial charge in [-0.15, -0.1) is 11.3 Å². The molecule has 0 saturated carbocycles. The van der Waals surface area contributed by atoms with Gasteiger partial charge in [0.15, 0.2) is 0 Å². The fourth-order valence-corrected chi connectivity index (χ4v) is 2.74. The number of hydrogen-bond acceptors (Lipinski definition) is 3. The number of benzene rings is 1. The minimum Gasteiger partial charge on any atom is -0.321 e. The van der Waals surface area contributed by atoms with Crippen LogP contribution >= 0.6 is 22.9 Å². The normalized spacial score (nSPS) is 9.86. The van der Waals surface area contributed by atoms with E-state index in [1.807, 2.05) is 12.1 Å². The molecule has 21 heavy (non-hydrogen) atoms. The predicted octanol–water partition coefficient (Wildman–Crippen LogP) is 3.53. The summed E-state index contributed by atoms with van der Waals surface area (Å²) in [6.45, 7) is 2.33. The summed E-state index contributed by atoms with van der Waals surface area (Å²) in [6, 6.07) is 9.02. The first-order valence-electron chi connectivity index (χ1n) is 6.52. The average Bonchev–Trinajstić information content (AvgIpc) is 2.97. The highest BCUT2D eigenvalue weighted by Crippen LogP contribution is 2.22. The quantitative estimate of drug-likeness (QED) is 0.851. The van der Waals surface area contributed by atoms with Gasteiger partial charge in [-0.05, 0) is 36.8 Å². The average molecular weight is 319 g/mol. The van der Waals surface area contributed by atoms with Gasteiger partial charge in [0.25, 0.3) is 5.91 Å². The molecule has 0 atom stereocenters. The van der Waals surface area contributed by atoms with Crippen molar-refractivity contribution in [2.75, 3.05) is 11.9 Å². The fraction of sp³-hybridized carbons (Fsp3) is 0.188. The van der Waals surface area contributed by atoms with Crippen LogP contribution in [0.1, 0.15) is 27.0 Å². The third kappa shape index (κ3) is 4.08. The summed E-state index contributed by atoms with van der Waals surface area (Å²) in [7, 11) is 0. The van der Waals surface area contributed by atoms with Gasteiger partial charge in [-0.3, -0.25) is 4.79 Å². The number of thiophene rings is 1. The van der Waals surface area contributed by atoms with Crippen molar-refractivity contribution in [2.24, 2.45) is 5.73 Å². The van der Waals surface area contributed by atoms with Gasteiger partial charge in [-0.25, -0.2) is 0 Å². The number of halogens is 1. The Balaban J connectivity index is 2.17. The third-order valence-corrected chi connectivity index (χ3v) is 4.34. The van der Waals surface area contributed by atoms with Crippen LogP contribution in [-0.2, 0) is 6.42 Å². The molecule has 108 valence electrons. The summed E-state index contributed by atoms with van der Waals surface area (Å²) >= 11 is 7.55. The lowest BCUT2D eigenvalue weighted by molar-refractivity contribution is 0.103. The van der Waals surface area contributed by atoms with Crippen LogP contribution in [0, 0.1) is 11.8 Å². The molecular weight excluding hydrogens is 304 g/mol. The first kappa shape index (κ1) is 15.6. The monoisotopic (exact) mass is 318 g/mol. The number of nitrogens with two attached hydrogens (primary N) is 1. The molecule has 0 unspecified atom stereocenters. The van der Waals surface area contributed by atoms with E-state index in [-0.39, 0.29) is 12.5 Å². The minimum absolute atomic E-state index is 0.125. The largest absolute Gasteiger partial charge is 0.321 e. The van der Waals surface area contributed by atoms with E-state index in [1.165, 1.54) is 16.2 Å². The number of amides is 1. The van der Waals surface area contributed by atoms with Crippen LogP contribution in [0.2, 0.25) is 5.02 Å². The van der Waals surface area contributed by atoms with E-state index in [4.69, 9.17) is 17.3 Å². The zero-order valence-corrected chi connectivity index (χ0v) is 13.1. The van der Waals surface area contributed by atoms with Crippen LogP contribution in [0.15, 0.2) is 30.3 Å². The van der Waals surface area contributed by atoms with Crippen molar-refractivity contribution in [3.63, 3.8) is 0 Å². The summed E-state index contributed by atoms with van der Waals surface area (Å²) in [4.78, 5) is 14.0. The van der Waals surface area contributed by atoms with Crippen LogP contribution in [0.3, 0.4) is 0 Å². The van der Waals surface area contributed by atoms with Crippen LogP contribution in [0.5, 0.6) is 0 Å². The van der Waals surface area contributed by atoms with Crippen molar-refractivity contribution >= 4 is 34.5 Å². The molecule has 3 nitrogen and oxygen atoms in total. The highest BCUT2D eigenvalue weighted by atomic mass is 35.5. The lowest BCUT2D eigenvalue weighted by Gasteiger charge is -2.05. The Kier molecular flexibility index (Phi) is 5.40. The Morgan fingerprint density at radius 3 is 2.86 bits per heavy atom. The maximum Gasteiger partial charge on any atom is 0.265 e. The molecule has 0 aliphatic heterocycles. The molecule has 0 radical (unpaired) electrons. The van der Waals surface area contributed by atoms with Crippen molar-refractivity contribution in [3.05, 3.63) is 50.7 Å². The first-order chi connectivity index (χ1) is 10.1. The summed E-state index contributed by atoms with van der Waals surface area (Å²) in [5, 5.41) is 3.39. The zero-order valence-electron chi connectivity index (χ0n) is 11.6. The second kappa shape index (κ2) is 7.28. The number of carbonyl (C=O) groups excluding carboxylic acids is 1.